The number of nitrogens with one attached hydrogen (secondary N) is 1. The molecule has 1 fully saturated rings. The Kier molecular flexibility index (Phi) is 6.66. The Morgan fingerprint density at radius 2 is 1.55 bits per heavy atom. The Morgan fingerprint density at radius 3 is 2.24 bits per heavy atom. The fourth-order valence-electron chi connectivity index (χ4n) is 4.25. The third-order valence-electron chi connectivity index (χ3n) is 5.93. The van der Waals surface area contributed by atoms with Gasteiger partial charge in [-0.15, -0.1) is 0 Å². The first-order valence-electron chi connectivity index (χ1n) is 10.5. The van der Waals surface area contributed by atoms with Crippen LogP contribution in [0.3, 0.4) is 0 Å². The molecule has 0 amide bonds. The minimum Gasteiger partial charge on any atom is -0.310 e. The highest BCUT2D eigenvalue weighted by molar-refractivity contribution is 6.31. The number of halogens is 1. The van der Waals surface area contributed by atoms with Gasteiger partial charge in [-0.3, -0.25) is 4.90 Å². The first-order chi connectivity index (χ1) is 14.2. The van der Waals surface area contributed by atoms with E-state index in [4.69, 9.17) is 11.6 Å². The van der Waals surface area contributed by atoms with Gasteiger partial charge in [-0.1, -0.05) is 90.0 Å². The van der Waals surface area contributed by atoms with Crippen LogP contribution in [0.5, 0.6) is 0 Å². The van der Waals surface area contributed by atoms with Crippen LogP contribution in [0, 0.1) is 6.92 Å². The molecule has 0 saturated carbocycles. The summed E-state index contributed by atoms with van der Waals surface area (Å²) in [6, 6.07) is 28.6. The molecule has 2 nitrogen and oxygen atoms in total. The second-order valence-corrected chi connectivity index (χ2v) is 8.42. The van der Waals surface area contributed by atoms with Gasteiger partial charge in [-0.2, -0.15) is 0 Å². The Morgan fingerprint density at radius 1 is 0.897 bits per heavy atom. The van der Waals surface area contributed by atoms with E-state index in [0.717, 1.165) is 37.5 Å². The number of nitrogens with zero attached hydrogens (tertiary/aromatic N) is 1. The van der Waals surface area contributed by atoms with Crippen molar-refractivity contribution in [2.45, 2.75) is 38.4 Å². The molecule has 1 atom stereocenters. The van der Waals surface area contributed by atoms with Gasteiger partial charge in [0, 0.05) is 30.7 Å². The lowest BCUT2D eigenvalue weighted by atomic mass is 9.93. The highest BCUT2D eigenvalue weighted by atomic mass is 35.5. The molecule has 29 heavy (non-hydrogen) atoms. The van der Waals surface area contributed by atoms with E-state index < -0.39 is 0 Å². The van der Waals surface area contributed by atoms with E-state index in [1.807, 2.05) is 12.1 Å². The van der Waals surface area contributed by atoms with Crippen LogP contribution >= 0.6 is 11.6 Å². The van der Waals surface area contributed by atoms with Crippen LogP contribution in [0.4, 0.5) is 0 Å². The van der Waals surface area contributed by atoms with Gasteiger partial charge in [0.2, 0.25) is 0 Å². The molecule has 1 aliphatic rings. The Bertz CT molecular complexity index is 900. The number of benzene rings is 3. The highest BCUT2D eigenvalue weighted by Gasteiger charge is 2.28. The molecule has 1 unspecified atom stereocenters. The predicted octanol–water partition coefficient (Wildman–Crippen LogP) is 5.99. The number of piperidine rings is 1. The molecule has 150 valence electrons. The molecule has 0 aliphatic carbocycles. The maximum atomic E-state index is 6.63. The molecule has 1 heterocycles. The van der Waals surface area contributed by atoms with Gasteiger partial charge in [-0.25, -0.2) is 0 Å². The van der Waals surface area contributed by atoms with Crippen LogP contribution in [0.15, 0.2) is 78.9 Å². The van der Waals surface area contributed by atoms with E-state index in [2.05, 4.69) is 83.9 Å². The molecule has 1 aliphatic heterocycles. The second kappa shape index (κ2) is 9.58. The first kappa shape index (κ1) is 20.2. The average molecular weight is 405 g/mol. The lowest BCUT2D eigenvalue weighted by Gasteiger charge is -2.38. The molecule has 4 rings (SSSR count). The molecule has 0 bridgehead atoms. The minimum atomic E-state index is 0.208. The van der Waals surface area contributed by atoms with Gasteiger partial charge in [0.25, 0.3) is 0 Å². The van der Waals surface area contributed by atoms with Gasteiger partial charge >= 0.3 is 0 Å². The molecule has 3 heteroatoms. The van der Waals surface area contributed by atoms with Crippen molar-refractivity contribution in [2.75, 3.05) is 13.1 Å². The van der Waals surface area contributed by atoms with Crippen molar-refractivity contribution in [3.63, 3.8) is 0 Å². The van der Waals surface area contributed by atoms with Crippen molar-refractivity contribution in [2.24, 2.45) is 0 Å². The van der Waals surface area contributed by atoms with Crippen LogP contribution < -0.4 is 5.32 Å². The van der Waals surface area contributed by atoms with Crippen molar-refractivity contribution < 1.29 is 0 Å². The first-order valence-corrected chi connectivity index (χ1v) is 10.9. The Hall–Kier alpha value is -2.13. The van der Waals surface area contributed by atoms with Gasteiger partial charge in [0.05, 0.1) is 6.04 Å². The van der Waals surface area contributed by atoms with Crippen LogP contribution in [-0.2, 0) is 6.54 Å². The minimum absolute atomic E-state index is 0.208. The predicted molar refractivity (Wildman–Crippen MR) is 122 cm³/mol. The number of aryl methyl sites for hydroxylation is 1. The third-order valence-corrected chi connectivity index (χ3v) is 6.27. The summed E-state index contributed by atoms with van der Waals surface area (Å²) in [5.74, 6) is 0. The normalized spacial score (nSPS) is 16.6. The summed E-state index contributed by atoms with van der Waals surface area (Å²) in [5.41, 5.74) is 5.16. The quantitative estimate of drug-likeness (QED) is 0.542. The zero-order chi connectivity index (χ0) is 20.1. The Balaban J connectivity index is 1.46. The average Bonchev–Trinajstić information content (AvgIpc) is 2.77. The molecule has 1 saturated heterocycles. The molecule has 3 aromatic carbocycles. The molecule has 0 radical (unpaired) electrons. The van der Waals surface area contributed by atoms with Crippen molar-refractivity contribution in [1.82, 2.24) is 10.2 Å². The van der Waals surface area contributed by atoms with Crippen LogP contribution in [0.2, 0.25) is 5.02 Å². The maximum Gasteiger partial charge on any atom is 0.0616 e. The monoisotopic (exact) mass is 404 g/mol. The summed E-state index contributed by atoms with van der Waals surface area (Å²) in [5, 5.41) is 4.59. The van der Waals surface area contributed by atoms with E-state index in [-0.39, 0.29) is 6.04 Å². The van der Waals surface area contributed by atoms with Gasteiger partial charge in [-0.05, 0) is 42.5 Å². The largest absolute Gasteiger partial charge is 0.310 e. The SMILES string of the molecule is Cc1ccc(C(c2ccccc2Cl)N2CCC(NCc3ccccc3)CC2)cc1. The number of hydrogen-bond donors (Lipinski definition) is 1. The van der Waals surface area contributed by atoms with Crippen LogP contribution in [-0.4, -0.2) is 24.0 Å². The van der Waals surface area contributed by atoms with Gasteiger partial charge < -0.3 is 5.32 Å². The highest BCUT2D eigenvalue weighted by Crippen LogP contribution is 2.35. The molecule has 0 spiro atoms. The molecule has 3 aromatic rings. The lowest BCUT2D eigenvalue weighted by molar-refractivity contribution is 0.162. The standard InChI is InChI=1S/C26H29ClN2/c1-20-11-13-22(14-12-20)26(24-9-5-6-10-25(24)27)29-17-15-23(16-18-29)28-19-21-7-3-2-4-8-21/h2-14,23,26,28H,15-19H2,1H3. The maximum absolute atomic E-state index is 6.63. The molecular weight excluding hydrogens is 376 g/mol. The van der Waals surface area contributed by atoms with Crippen LogP contribution in [0.1, 0.15) is 41.1 Å². The summed E-state index contributed by atoms with van der Waals surface area (Å²) in [6.07, 6.45) is 2.30. The number of likely N-dealkylation sites (tertiary alicyclic amines) is 1. The zero-order valence-electron chi connectivity index (χ0n) is 17.0. The number of hydrogen-bond acceptors (Lipinski definition) is 2. The van der Waals surface area contributed by atoms with E-state index in [9.17, 15) is 0 Å². The molecule has 1 N–H and O–H groups in total. The van der Waals surface area contributed by atoms with Crippen molar-refractivity contribution in [3.8, 4) is 0 Å². The van der Waals surface area contributed by atoms with Crippen molar-refractivity contribution in [1.29, 1.82) is 0 Å². The van der Waals surface area contributed by atoms with Crippen LogP contribution in [0.25, 0.3) is 0 Å². The fraction of sp³-hybridized carbons (Fsp3) is 0.308. The van der Waals surface area contributed by atoms with E-state index in [1.54, 1.807) is 0 Å². The number of rotatable bonds is 6. The van der Waals surface area contributed by atoms with Gasteiger partial charge in [0.1, 0.15) is 0 Å². The van der Waals surface area contributed by atoms with E-state index in [0.29, 0.717) is 6.04 Å². The summed E-state index contributed by atoms with van der Waals surface area (Å²) in [7, 11) is 0. The van der Waals surface area contributed by atoms with Gasteiger partial charge in [0.15, 0.2) is 0 Å². The lowest BCUT2D eigenvalue weighted by Crippen LogP contribution is -2.44. The van der Waals surface area contributed by atoms with E-state index >= 15 is 0 Å². The Labute approximate surface area is 179 Å². The second-order valence-electron chi connectivity index (χ2n) is 8.01. The van der Waals surface area contributed by atoms with Crippen molar-refractivity contribution in [3.05, 3.63) is 106 Å². The summed E-state index contributed by atoms with van der Waals surface area (Å²) >= 11 is 6.63. The van der Waals surface area contributed by atoms with E-state index in [1.165, 1.54) is 22.3 Å². The smallest absolute Gasteiger partial charge is 0.0616 e. The molecular formula is C26H29ClN2. The summed E-state index contributed by atoms with van der Waals surface area (Å²) in [4.78, 5) is 2.59. The molecule has 0 aromatic heterocycles. The topological polar surface area (TPSA) is 15.3 Å². The summed E-state index contributed by atoms with van der Waals surface area (Å²) in [6.45, 7) is 5.21. The van der Waals surface area contributed by atoms with Crippen molar-refractivity contribution >= 4 is 11.6 Å². The summed E-state index contributed by atoms with van der Waals surface area (Å²) < 4.78 is 0. The zero-order valence-corrected chi connectivity index (χ0v) is 17.8. The third kappa shape index (κ3) is 5.08. The fourth-order valence-corrected chi connectivity index (χ4v) is 4.49.